The highest BCUT2D eigenvalue weighted by Crippen LogP contribution is 2.33. The number of likely N-dealkylation sites (tertiary alicyclic amines) is 1. The van der Waals surface area contributed by atoms with Crippen LogP contribution in [0.3, 0.4) is 0 Å². The molecular formula is C20H21N5O5. The molecule has 156 valence electrons. The number of benzene rings is 1. The molecule has 0 unspecified atom stereocenters. The minimum atomic E-state index is -0.522. The number of hydrogen-bond acceptors (Lipinski definition) is 8. The van der Waals surface area contributed by atoms with Crippen LogP contribution in [0.4, 0.5) is 4.79 Å². The maximum atomic E-state index is 12.3. The number of imidazole rings is 1. The van der Waals surface area contributed by atoms with E-state index in [0.717, 1.165) is 5.56 Å². The van der Waals surface area contributed by atoms with Gasteiger partial charge in [-0.15, -0.1) is 0 Å². The van der Waals surface area contributed by atoms with Crippen molar-refractivity contribution < 1.29 is 23.8 Å². The monoisotopic (exact) mass is 411 g/mol. The number of carbonyl (C=O) groups excluding carboxylic acids is 2. The minimum absolute atomic E-state index is 0.221. The van der Waals surface area contributed by atoms with Gasteiger partial charge in [0.25, 0.3) is 0 Å². The lowest BCUT2D eigenvalue weighted by molar-refractivity contribution is -0.145. The highest BCUT2D eigenvalue weighted by Gasteiger charge is 2.39. The normalized spacial score (nSPS) is 18.4. The van der Waals surface area contributed by atoms with Crippen molar-refractivity contribution in [1.82, 2.24) is 24.4 Å². The van der Waals surface area contributed by atoms with Gasteiger partial charge < -0.3 is 14.2 Å². The number of methoxy groups -OCH3 is 1. The molecule has 1 aliphatic heterocycles. The maximum Gasteiger partial charge on any atom is 0.411 e. The third-order valence-electron chi connectivity index (χ3n) is 4.84. The Balaban J connectivity index is 1.62. The fourth-order valence-electron chi connectivity index (χ4n) is 3.56. The van der Waals surface area contributed by atoms with Crippen LogP contribution >= 0.6 is 0 Å². The predicted octanol–water partition coefficient (Wildman–Crippen LogP) is 2.31. The zero-order valence-electron chi connectivity index (χ0n) is 16.6. The first-order valence-corrected chi connectivity index (χ1v) is 9.43. The number of esters is 1. The number of ether oxygens (including phenoxy) is 3. The van der Waals surface area contributed by atoms with Crippen molar-refractivity contribution >= 4 is 23.2 Å². The zero-order chi connectivity index (χ0) is 21.1. The fraction of sp³-hybridized carbons (Fsp3) is 0.350. The van der Waals surface area contributed by atoms with Crippen LogP contribution in [-0.2, 0) is 20.9 Å². The SMILES string of the molecule is COC(=O)N1C[C@H](OC(C)=O)C[C@@H]1n1cnc2c(OCc3ccccc3)ncnc21. The lowest BCUT2D eigenvalue weighted by Crippen LogP contribution is -2.34. The Bertz CT molecular complexity index is 1050. The Morgan fingerprint density at radius 2 is 1.97 bits per heavy atom. The number of carbonyl (C=O) groups is 2. The summed E-state index contributed by atoms with van der Waals surface area (Å²) >= 11 is 0. The van der Waals surface area contributed by atoms with Crippen LogP contribution in [0.25, 0.3) is 11.2 Å². The molecule has 3 heterocycles. The van der Waals surface area contributed by atoms with Crippen LogP contribution < -0.4 is 4.74 Å². The highest BCUT2D eigenvalue weighted by molar-refractivity contribution is 5.76. The van der Waals surface area contributed by atoms with Crippen LogP contribution in [-0.4, -0.2) is 56.2 Å². The number of fused-ring (bicyclic) bond motifs is 1. The van der Waals surface area contributed by atoms with Gasteiger partial charge in [0.1, 0.15) is 25.2 Å². The molecule has 4 rings (SSSR count). The second-order valence-electron chi connectivity index (χ2n) is 6.85. The maximum absolute atomic E-state index is 12.3. The average Bonchev–Trinajstić information content (AvgIpc) is 3.36. The molecule has 10 heteroatoms. The van der Waals surface area contributed by atoms with Gasteiger partial charge in [0.05, 0.1) is 20.0 Å². The van der Waals surface area contributed by atoms with Crippen molar-refractivity contribution in [1.29, 1.82) is 0 Å². The van der Waals surface area contributed by atoms with Gasteiger partial charge in [-0.05, 0) is 5.56 Å². The summed E-state index contributed by atoms with van der Waals surface area (Å²) in [5, 5.41) is 0. The van der Waals surface area contributed by atoms with E-state index in [0.29, 0.717) is 30.1 Å². The van der Waals surface area contributed by atoms with Gasteiger partial charge >= 0.3 is 12.1 Å². The minimum Gasteiger partial charge on any atom is -0.471 e. The Morgan fingerprint density at radius 3 is 2.70 bits per heavy atom. The van der Waals surface area contributed by atoms with Gasteiger partial charge in [0.2, 0.25) is 5.88 Å². The van der Waals surface area contributed by atoms with Crippen molar-refractivity contribution in [2.75, 3.05) is 13.7 Å². The quantitative estimate of drug-likeness (QED) is 0.589. The Kier molecular flexibility index (Phi) is 5.46. The summed E-state index contributed by atoms with van der Waals surface area (Å²) in [5.41, 5.74) is 1.99. The fourth-order valence-corrected chi connectivity index (χ4v) is 3.56. The van der Waals surface area contributed by atoms with E-state index in [1.54, 1.807) is 10.9 Å². The van der Waals surface area contributed by atoms with E-state index < -0.39 is 24.3 Å². The molecule has 0 radical (unpaired) electrons. The molecular weight excluding hydrogens is 390 g/mol. The predicted molar refractivity (Wildman–Crippen MR) is 104 cm³/mol. The molecule has 0 N–H and O–H groups in total. The van der Waals surface area contributed by atoms with E-state index in [1.807, 2.05) is 30.3 Å². The summed E-state index contributed by atoms with van der Waals surface area (Å²) < 4.78 is 17.8. The molecule has 30 heavy (non-hydrogen) atoms. The van der Waals surface area contributed by atoms with Crippen LogP contribution in [0.2, 0.25) is 0 Å². The summed E-state index contributed by atoms with van der Waals surface area (Å²) in [6, 6.07) is 9.72. The molecule has 2 atom stereocenters. The van der Waals surface area contributed by atoms with Gasteiger partial charge in [0, 0.05) is 13.3 Å². The molecule has 1 amide bonds. The second-order valence-corrected chi connectivity index (χ2v) is 6.85. The molecule has 0 saturated carbocycles. The smallest absolute Gasteiger partial charge is 0.411 e. The third-order valence-corrected chi connectivity index (χ3v) is 4.84. The van der Waals surface area contributed by atoms with Crippen molar-refractivity contribution in [2.45, 2.75) is 32.2 Å². The summed E-state index contributed by atoms with van der Waals surface area (Å²) in [7, 11) is 1.31. The highest BCUT2D eigenvalue weighted by atomic mass is 16.6. The molecule has 0 aliphatic carbocycles. The van der Waals surface area contributed by atoms with E-state index >= 15 is 0 Å². The Hall–Kier alpha value is -3.69. The van der Waals surface area contributed by atoms with Crippen LogP contribution in [0.15, 0.2) is 43.0 Å². The van der Waals surface area contributed by atoms with Gasteiger partial charge in [-0.25, -0.2) is 14.8 Å². The largest absolute Gasteiger partial charge is 0.471 e. The Labute approximate surface area is 172 Å². The number of hydrogen-bond donors (Lipinski definition) is 0. The second kappa shape index (κ2) is 8.36. The molecule has 1 aromatic carbocycles. The van der Waals surface area contributed by atoms with E-state index in [-0.39, 0.29) is 6.54 Å². The van der Waals surface area contributed by atoms with Crippen LogP contribution in [0.5, 0.6) is 5.88 Å². The topological polar surface area (TPSA) is 109 Å². The van der Waals surface area contributed by atoms with Crippen LogP contribution in [0.1, 0.15) is 25.1 Å². The lowest BCUT2D eigenvalue weighted by atomic mass is 10.2. The average molecular weight is 411 g/mol. The summed E-state index contributed by atoms with van der Waals surface area (Å²) in [5.74, 6) is -0.0540. The molecule has 3 aromatic rings. The number of nitrogens with zero attached hydrogens (tertiary/aromatic N) is 5. The Morgan fingerprint density at radius 1 is 1.17 bits per heavy atom. The zero-order valence-corrected chi connectivity index (χ0v) is 16.6. The van der Waals surface area contributed by atoms with Crippen molar-refractivity contribution in [3.63, 3.8) is 0 Å². The molecule has 2 aromatic heterocycles. The van der Waals surface area contributed by atoms with Gasteiger partial charge in [-0.3, -0.25) is 14.3 Å². The number of amides is 1. The molecule has 1 saturated heterocycles. The first-order chi connectivity index (χ1) is 14.6. The molecule has 1 fully saturated rings. The molecule has 10 nitrogen and oxygen atoms in total. The first-order valence-electron chi connectivity index (χ1n) is 9.43. The van der Waals surface area contributed by atoms with Crippen molar-refractivity contribution in [2.24, 2.45) is 0 Å². The third kappa shape index (κ3) is 3.88. The van der Waals surface area contributed by atoms with Gasteiger partial charge in [-0.2, -0.15) is 4.98 Å². The summed E-state index contributed by atoms with van der Waals surface area (Å²) in [6.45, 7) is 1.90. The number of aromatic nitrogens is 4. The van der Waals surface area contributed by atoms with E-state index in [1.165, 1.54) is 25.3 Å². The van der Waals surface area contributed by atoms with Crippen molar-refractivity contribution in [3.05, 3.63) is 48.5 Å². The van der Waals surface area contributed by atoms with E-state index in [2.05, 4.69) is 15.0 Å². The number of rotatable bonds is 5. The van der Waals surface area contributed by atoms with Crippen molar-refractivity contribution in [3.8, 4) is 5.88 Å². The molecule has 0 bridgehead atoms. The first kappa shape index (κ1) is 19.6. The summed E-state index contributed by atoms with van der Waals surface area (Å²) in [4.78, 5) is 38.1. The van der Waals surface area contributed by atoms with Gasteiger partial charge in [-0.1, -0.05) is 30.3 Å². The van der Waals surface area contributed by atoms with E-state index in [4.69, 9.17) is 14.2 Å². The molecule has 1 aliphatic rings. The molecule has 0 spiro atoms. The lowest BCUT2D eigenvalue weighted by Gasteiger charge is -2.23. The van der Waals surface area contributed by atoms with Gasteiger partial charge in [0.15, 0.2) is 11.2 Å². The standard InChI is InChI=1S/C20H21N5O5/c1-13(26)30-15-8-16(24(9-15)20(27)28-2)25-12-23-17-18(25)21-11-22-19(17)29-10-14-6-4-3-5-7-14/h3-7,11-12,15-16H,8-10H2,1-2H3/t15-,16+/m1/s1. The van der Waals surface area contributed by atoms with E-state index in [9.17, 15) is 9.59 Å². The van der Waals surface area contributed by atoms with Crippen LogP contribution in [0, 0.1) is 0 Å². The summed E-state index contributed by atoms with van der Waals surface area (Å²) in [6.07, 6.45) is 1.92.